The molecule has 1 aliphatic heterocycles. The number of halogens is 1. The molecule has 2 rings (SSSR count). The molecule has 1 fully saturated rings. The third-order valence-electron chi connectivity index (χ3n) is 4.32. The molecule has 0 amide bonds. The number of hydrogen-bond donors (Lipinski definition) is 1. The van der Waals surface area contributed by atoms with Crippen LogP contribution >= 0.6 is 0 Å². The second kappa shape index (κ2) is 6.02. The van der Waals surface area contributed by atoms with Gasteiger partial charge in [0, 0.05) is 12.6 Å². The third-order valence-corrected chi connectivity index (χ3v) is 4.32. The van der Waals surface area contributed by atoms with Gasteiger partial charge in [0.05, 0.1) is 5.60 Å². The zero-order chi connectivity index (χ0) is 13.9. The molecule has 0 saturated carbocycles. The molecule has 0 spiro atoms. The van der Waals surface area contributed by atoms with E-state index in [2.05, 4.69) is 12.2 Å². The van der Waals surface area contributed by atoms with Gasteiger partial charge in [-0.1, -0.05) is 6.07 Å². The number of rotatable bonds is 4. The minimum absolute atomic E-state index is 0.147. The van der Waals surface area contributed by atoms with Gasteiger partial charge >= 0.3 is 0 Å². The van der Waals surface area contributed by atoms with Crippen molar-refractivity contribution in [3.63, 3.8) is 0 Å². The number of aryl methyl sites for hydroxylation is 1. The molecule has 2 nitrogen and oxygen atoms in total. The lowest BCUT2D eigenvalue weighted by molar-refractivity contribution is -0.0871. The first-order chi connectivity index (χ1) is 9.05. The molecule has 19 heavy (non-hydrogen) atoms. The van der Waals surface area contributed by atoms with E-state index >= 15 is 0 Å². The van der Waals surface area contributed by atoms with Crippen molar-refractivity contribution in [3.05, 3.63) is 35.1 Å². The summed E-state index contributed by atoms with van der Waals surface area (Å²) < 4.78 is 19.4. The van der Waals surface area contributed by atoms with E-state index in [1.165, 1.54) is 12.5 Å². The minimum Gasteiger partial charge on any atom is -0.374 e. The molecular weight excluding hydrogens is 241 g/mol. The maximum Gasteiger partial charge on any atom is 0.123 e. The Balaban J connectivity index is 2.16. The zero-order valence-corrected chi connectivity index (χ0v) is 12.1. The van der Waals surface area contributed by atoms with Gasteiger partial charge in [-0.05, 0) is 69.8 Å². The van der Waals surface area contributed by atoms with Gasteiger partial charge in [0.2, 0.25) is 0 Å². The first kappa shape index (κ1) is 14.5. The molecule has 1 heterocycles. The smallest absolute Gasteiger partial charge is 0.123 e. The van der Waals surface area contributed by atoms with Crippen LogP contribution in [0.25, 0.3) is 0 Å². The van der Waals surface area contributed by atoms with Gasteiger partial charge in [0.25, 0.3) is 0 Å². The molecule has 106 valence electrons. The van der Waals surface area contributed by atoms with Crippen LogP contribution in [-0.4, -0.2) is 25.3 Å². The van der Waals surface area contributed by atoms with Crippen molar-refractivity contribution in [2.75, 3.05) is 13.7 Å². The third kappa shape index (κ3) is 3.34. The summed E-state index contributed by atoms with van der Waals surface area (Å²) in [6.07, 6.45) is 4.21. The Morgan fingerprint density at radius 1 is 1.42 bits per heavy atom. The second-order valence-electron chi connectivity index (χ2n) is 5.73. The highest BCUT2D eigenvalue weighted by Crippen LogP contribution is 2.30. The van der Waals surface area contributed by atoms with Crippen LogP contribution in [0.1, 0.15) is 37.3 Å². The highest BCUT2D eigenvalue weighted by Gasteiger charge is 2.36. The van der Waals surface area contributed by atoms with Crippen LogP contribution in [0, 0.1) is 12.7 Å². The molecule has 0 aromatic heterocycles. The summed E-state index contributed by atoms with van der Waals surface area (Å²) in [6, 6.07) is 5.23. The fraction of sp³-hybridized carbons (Fsp3) is 0.625. The van der Waals surface area contributed by atoms with E-state index < -0.39 is 0 Å². The monoisotopic (exact) mass is 265 g/mol. The molecule has 1 saturated heterocycles. The van der Waals surface area contributed by atoms with E-state index in [0.717, 1.165) is 37.0 Å². The van der Waals surface area contributed by atoms with Crippen molar-refractivity contribution in [3.8, 4) is 0 Å². The van der Waals surface area contributed by atoms with E-state index in [-0.39, 0.29) is 17.5 Å². The Hall–Kier alpha value is -0.930. The highest BCUT2D eigenvalue weighted by molar-refractivity contribution is 5.28. The largest absolute Gasteiger partial charge is 0.374 e. The number of nitrogens with one attached hydrogen (secondary N) is 1. The predicted octanol–water partition coefficient (Wildman–Crippen LogP) is 3.22. The molecule has 0 radical (unpaired) electrons. The van der Waals surface area contributed by atoms with Gasteiger partial charge in [0.15, 0.2) is 0 Å². The molecule has 1 aromatic rings. The summed E-state index contributed by atoms with van der Waals surface area (Å²) >= 11 is 0. The zero-order valence-electron chi connectivity index (χ0n) is 12.1. The molecule has 3 heteroatoms. The lowest BCUT2D eigenvalue weighted by atomic mass is 9.84. The average molecular weight is 265 g/mol. The van der Waals surface area contributed by atoms with Crippen molar-refractivity contribution in [2.24, 2.45) is 0 Å². The van der Waals surface area contributed by atoms with E-state index in [9.17, 15) is 4.39 Å². The van der Waals surface area contributed by atoms with Crippen molar-refractivity contribution >= 4 is 0 Å². The molecule has 2 unspecified atom stereocenters. The van der Waals surface area contributed by atoms with Crippen LogP contribution in [0.4, 0.5) is 4.39 Å². The van der Waals surface area contributed by atoms with Crippen LogP contribution in [0.15, 0.2) is 18.2 Å². The summed E-state index contributed by atoms with van der Waals surface area (Å²) in [5.74, 6) is -0.162. The van der Waals surface area contributed by atoms with Crippen molar-refractivity contribution in [1.29, 1.82) is 0 Å². The Morgan fingerprint density at radius 3 is 2.84 bits per heavy atom. The van der Waals surface area contributed by atoms with Crippen LogP contribution in [0.3, 0.4) is 0 Å². The Bertz CT molecular complexity index is 427. The first-order valence-corrected chi connectivity index (χ1v) is 7.11. The van der Waals surface area contributed by atoms with E-state index in [0.29, 0.717) is 0 Å². The molecular formula is C16H24FNO. The maximum atomic E-state index is 13.4. The summed E-state index contributed by atoms with van der Waals surface area (Å²) in [7, 11) is 1.96. The van der Waals surface area contributed by atoms with Crippen LogP contribution in [0.2, 0.25) is 0 Å². The highest BCUT2D eigenvalue weighted by atomic mass is 19.1. The van der Waals surface area contributed by atoms with Gasteiger partial charge < -0.3 is 10.1 Å². The van der Waals surface area contributed by atoms with E-state index in [1.54, 1.807) is 6.07 Å². The van der Waals surface area contributed by atoms with E-state index in [1.807, 2.05) is 20.0 Å². The van der Waals surface area contributed by atoms with Gasteiger partial charge in [-0.25, -0.2) is 4.39 Å². The Morgan fingerprint density at radius 2 is 2.21 bits per heavy atom. The molecule has 2 atom stereocenters. The maximum absolute atomic E-state index is 13.4. The molecule has 1 aromatic carbocycles. The van der Waals surface area contributed by atoms with Crippen molar-refractivity contribution in [2.45, 2.75) is 51.2 Å². The molecule has 1 N–H and O–H groups in total. The Labute approximate surface area is 115 Å². The summed E-state index contributed by atoms with van der Waals surface area (Å²) in [5, 5.41) is 3.36. The van der Waals surface area contributed by atoms with Crippen molar-refractivity contribution < 1.29 is 9.13 Å². The van der Waals surface area contributed by atoms with Gasteiger partial charge in [-0.2, -0.15) is 0 Å². The quantitative estimate of drug-likeness (QED) is 0.902. The van der Waals surface area contributed by atoms with E-state index in [4.69, 9.17) is 4.74 Å². The molecule has 0 aliphatic carbocycles. The predicted molar refractivity (Wildman–Crippen MR) is 75.9 cm³/mol. The Kier molecular flexibility index (Phi) is 4.58. The first-order valence-electron chi connectivity index (χ1n) is 7.11. The topological polar surface area (TPSA) is 21.3 Å². The average Bonchev–Trinajstić information content (AvgIpc) is 2.40. The number of benzene rings is 1. The van der Waals surface area contributed by atoms with Gasteiger partial charge in [0.1, 0.15) is 5.82 Å². The number of hydrogen-bond acceptors (Lipinski definition) is 2. The normalized spacial score (nSPS) is 25.3. The standard InChI is InChI=1S/C16H24FNO/c1-12-6-7-14(17)10-13(12)11-15(18-3)16(2)8-4-5-9-19-16/h6-7,10,15,18H,4-5,8-9,11H2,1-3H3. The van der Waals surface area contributed by atoms with Crippen molar-refractivity contribution in [1.82, 2.24) is 5.32 Å². The van der Waals surface area contributed by atoms with Crippen LogP contribution in [-0.2, 0) is 11.2 Å². The fourth-order valence-electron chi connectivity index (χ4n) is 2.93. The number of likely N-dealkylation sites (N-methyl/N-ethyl adjacent to an activating group) is 1. The number of ether oxygens (including phenoxy) is 1. The summed E-state index contributed by atoms with van der Waals surface area (Å²) in [4.78, 5) is 0. The molecule has 1 aliphatic rings. The lowest BCUT2D eigenvalue weighted by Gasteiger charge is -2.41. The van der Waals surface area contributed by atoms with Crippen LogP contribution in [0.5, 0.6) is 0 Å². The van der Waals surface area contributed by atoms with Gasteiger partial charge in [-0.3, -0.25) is 0 Å². The summed E-state index contributed by atoms with van der Waals surface area (Å²) in [6.45, 7) is 5.03. The second-order valence-corrected chi connectivity index (χ2v) is 5.73. The minimum atomic E-state index is -0.162. The van der Waals surface area contributed by atoms with Crippen LogP contribution < -0.4 is 5.32 Å². The fourth-order valence-corrected chi connectivity index (χ4v) is 2.93. The van der Waals surface area contributed by atoms with Gasteiger partial charge in [-0.15, -0.1) is 0 Å². The SMILES string of the molecule is CNC(Cc1cc(F)ccc1C)C1(C)CCCCO1. The summed E-state index contributed by atoms with van der Waals surface area (Å²) in [5.41, 5.74) is 2.06. The molecule has 0 bridgehead atoms. The lowest BCUT2D eigenvalue weighted by Crippen LogP contribution is -2.52.